The summed E-state index contributed by atoms with van der Waals surface area (Å²) in [5.74, 6) is 2.09. The van der Waals surface area contributed by atoms with Gasteiger partial charge in [0.1, 0.15) is 17.7 Å². The zero-order valence-electron chi connectivity index (χ0n) is 19.5. The minimum Gasteiger partial charge on any atom is -0.491 e. The van der Waals surface area contributed by atoms with E-state index >= 15 is 0 Å². The van der Waals surface area contributed by atoms with E-state index in [1.807, 2.05) is 16.7 Å². The molecule has 0 spiro atoms. The lowest BCUT2D eigenvalue weighted by Gasteiger charge is -2.26. The molecule has 1 amide bonds. The molecule has 184 valence electrons. The predicted molar refractivity (Wildman–Crippen MR) is 126 cm³/mol. The Morgan fingerprint density at radius 2 is 2.03 bits per heavy atom. The maximum Gasteiger partial charge on any atom is 0.442 e. The second kappa shape index (κ2) is 10.7. The number of carbonyl (C=O) groups excluding carboxylic acids is 1. The second-order valence-electron chi connectivity index (χ2n) is 8.04. The number of methoxy groups -OCH3 is 1. The maximum absolute atomic E-state index is 12.5. The third-order valence-corrected chi connectivity index (χ3v) is 5.82. The average Bonchev–Trinajstić information content (AvgIpc) is 3.38. The van der Waals surface area contributed by atoms with E-state index in [0.29, 0.717) is 36.7 Å². The van der Waals surface area contributed by atoms with E-state index in [-0.39, 0.29) is 11.4 Å². The van der Waals surface area contributed by atoms with Crippen LogP contribution in [0.1, 0.15) is 6.42 Å². The normalized spacial score (nSPS) is 16.1. The van der Waals surface area contributed by atoms with Crippen LogP contribution >= 0.6 is 0 Å². The monoisotopic (exact) mass is 481 g/mol. The maximum atomic E-state index is 12.5. The fraction of sp³-hybridized carbons (Fsp3) is 0.435. The van der Waals surface area contributed by atoms with Gasteiger partial charge in [0.25, 0.3) is 0 Å². The number of hydrogen-bond donors (Lipinski definition) is 1. The quantitative estimate of drug-likeness (QED) is 0.496. The lowest BCUT2D eigenvalue weighted by molar-refractivity contribution is 0.0357. The SMILES string of the molecule is COc1c(OCCCN2CCOCC2)ccc2c3n(c(=NC(=O)Oc4cncnc4)nc12)CCN3. The number of rotatable bonds is 7. The van der Waals surface area contributed by atoms with Crippen LogP contribution in [0.15, 0.2) is 35.8 Å². The first kappa shape index (κ1) is 23.0. The van der Waals surface area contributed by atoms with Gasteiger partial charge >= 0.3 is 6.09 Å². The van der Waals surface area contributed by atoms with Gasteiger partial charge in [0, 0.05) is 38.1 Å². The Morgan fingerprint density at radius 1 is 1.20 bits per heavy atom. The number of fused-ring (bicyclic) bond motifs is 3. The highest BCUT2D eigenvalue weighted by Gasteiger charge is 2.21. The van der Waals surface area contributed by atoms with Gasteiger partial charge in [-0.25, -0.2) is 19.7 Å². The van der Waals surface area contributed by atoms with E-state index in [1.165, 1.54) is 18.7 Å². The summed E-state index contributed by atoms with van der Waals surface area (Å²) in [6.45, 7) is 6.25. The third-order valence-electron chi connectivity index (χ3n) is 5.82. The fourth-order valence-corrected chi connectivity index (χ4v) is 4.18. The summed E-state index contributed by atoms with van der Waals surface area (Å²) >= 11 is 0. The Labute approximate surface area is 201 Å². The van der Waals surface area contributed by atoms with Crippen LogP contribution in [0, 0.1) is 0 Å². The molecule has 3 aromatic rings. The van der Waals surface area contributed by atoms with Gasteiger partial charge in [0.05, 0.1) is 39.3 Å². The number of morpholine rings is 1. The molecule has 5 rings (SSSR count). The number of anilines is 1. The van der Waals surface area contributed by atoms with Gasteiger partial charge in [0.15, 0.2) is 17.2 Å². The number of nitrogens with zero attached hydrogens (tertiary/aromatic N) is 6. The minimum atomic E-state index is -0.817. The van der Waals surface area contributed by atoms with Crippen LogP contribution in [0.25, 0.3) is 10.9 Å². The van der Waals surface area contributed by atoms with Gasteiger partial charge < -0.3 is 24.3 Å². The zero-order valence-corrected chi connectivity index (χ0v) is 19.5. The van der Waals surface area contributed by atoms with Crippen molar-refractivity contribution in [2.75, 3.05) is 58.4 Å². The predicted octanol–water partition coefficient (Wildman–Crippen LogP) is 1.46. The Kier molecular flexibility index (Phi) is 7.00. The van der Waals surface area contributed by atoms with Crippen molar-refractivity contribution in [2.24, 2.45) is 4.99 Å². The van der Waals surface area contributed by atoms with Gasteiger partial charge in [-0.1, -0.05) is 0 Å². The molecule has 2 aliphatic heterocycles. The molecule has 12 nitrogen and oxygen atoms in total. The van der Waals surface area contributed by atoms with Crippen LogP contribution in [0.4, 0.5) is 10.6 Å². The number of ether oxygens (including phenoxy) is 4. The molecular formula is C23H27N7O5. The summed E-state index contributed by atoms with van der Waals surface area (Å²) in [4.78, 5) is 31.2. The average molecular weight is 482 g/mol. The van der Waals surface area contributed by atoms with E-state index in [2.05, 4.69) is 30.2 Å². The van der Waals surface area contributed by atoms with Crippen molar-refractivity contribution in [1.29, 1.82) is 0 Å². The first-order valence-electron chi connectivity index (χ1n) is 11.5. The smallest absolute Gasteiger partial charge is 0.442 e. The summed E-state index contributed by atoms with van der Waals surface area (Å²) in [6.07, 6.45) is 4.19. The highest BCUT2D eigenvalue weighted by atomic mass is 16.5. The molecule has 2 aromatic heterocycles. The Balaban J connectivity index is 1.40. The van der Waals surface area contributed by atoms with Crippen molar-refractivity contribution < 1.29 is 23.7 Å². The third kappa shape index (κ3) is 5.17. The Morgan fingerprint density at radius 3 is 2.83 bits per heavy atom. The van der Waals surface area contributed by atoms with E-state index < -0.39 is 6.09 Å². The lowest BCUT2D eigenvalue weighted by Crippen LogP contribution is -2.37. The largest absolute Gasteiger partial charge is 0.491 e. The van der Waals surface area contributed by atoms with Crippen LogP contribution in [0.3, 0.4) is 0 Å². The first-order chi connectivity index (χ1) is 17.2. The molecule has 0 unspecified atom stereocenters. The summed E-state index contributed by atoms with van der Waals surface area (Å²) in [6, 6.07) is 3.83. The van der Waals surface area contributed by atoms with Gasteiger partial charge in [-0.15, -0.1) is 4.99 Å². The van der Waals surface area contributed by atoms with Crippen molar-refractivity contribution >= 4 is 22.8 Å². The molecule has 2 aliphatic rings. The van der Waals surface area contributed by atoms with Gasteiger partial charge in [0.2, 0.25) is 5.62 Å². The van der Waals surface area contributed by atoms with E-state index in [9.17, 15) is 4.79 Å². The number of amides is 1. The highest BCUT2D eigenvalue weighted by molar-refractivity contribution is 5.95. The van der Waals surface area contributed by atoms with Crippen molar-refractivity contribution in [3.63, 3.8) is 0 Å². The number of benzene rings is 1. The van der Waals surface area contributed by atoms with Crippen LogP contribution in [0.5, 0.6) is 17.2 Å². The van der Waals surface area contributed by atoms with E-state index in [0.717, 1.165) is 50.5 Å². The molecule has 0 aliphatic carbocycles. The fourth-order valence-electron chi connectivity index (χ4n) is 4.18. The summed E-state index contributed by atoms with van der Waals surface area (Å²) < 4.78 is 24.2. The molecule has 1 aromatic carbocycles. The van der Waals surface area contributed by atoms with Crippen LogP contribution in [0.2, 0.25) is 0 Å². The molecule has 1 N–H and O–H groups in total. The molecule has 0 saturated carbocycles. The van der Waals surface area contributed by atoms with E-state index in [4.69, 9.17) is 18.9 Å². The Hall–Kier alpha value is -3.77. The van der Waals surface area contributed by atoms with Gasteiger partial charge in [-0.2, -0.15) is 0 Å². The van der Waals surface area contributed by atoms with Crippen LogP contribution in [-0.2, 0) is 11.3 Å². The molecule has 0 atom stereocenters. The van der Waals surface area contributed by atoms with E-state index in [1.54, 1.807) is 7.11 Å². The van der Waals surface area contributed by atoms with Crippen molar-refractivity contribution in [3.05, 3.63) is 36.5 Å². The van der Waals surface area contributed by atoms with Gasteiger partial charge in [-0.3, -0.25) is 9.47 Å². The summed E-state index contributed by atoms with van der Waals surface area (Å²) in [5, 5.41) is 4.20. The Bertz CT molecular complexity index is 1260. The molecule has 35 heavy (non-hydrogen) atoms. The standard InChI is InChI=1S/C23H27N7O5/c1-32-20-18(34-10-2-6-29-8-11-33-12-9-29)4-3-17-19(20)27-22(30-7-5-26-21(17)30)28-23(31)35-16-13-24-15-25-14-16/h3-4,13-15,26H,2,5-12H2,1H3. The topological polar surface area (TPSA) is 125 Å². The minimum absolute atomic E-state index is 0.201. The van der Waals surface area contributed by atoms with Crippen molar-refractivity contribution in [1.82, 2.24) is 24.4 Å². The van der Waals surface area contributed by atoms with Crippen LogP contribution < -0.4 is 25.1 Å². The molecule has 1 fully saturated rings. The molecule has 0 radical (unpaired) electrons. The van der Waals surface area contributed by atoms with Crippen LogP contribution in [-0.4, -0.2) is 83.6 Å². The zero-order chi connectivity index (χ0) is 24.0. The second-order valence-corrected chi connectivity index (χ2v) is 8.04. The summed E-state index contributed by atoms with van der Waals surface area (Å²) in [7, 11) is 1.57. The molecule has 4 heterocycles. The summed E-state index contributed by atoms with van der Waals surface area (Å²) in [5.41, 5.74) is 0.760. The number of hydrogen-bond acceptors (Lipinski definition) is 10. The van der Waals surface area contributed by atoms with Crippen molar-refractivity contribution in [2.45, 2.75) is 13.0 Å². The first-order valence-corrected chi connectivity index (χ1v) is 11.5. The molecule has 12 heteroatoms. The van der Waals surface area contributed by atoms with Gasteiger partial charge in [-0.05, 0) is 18.6 Å². The molecule has 1 saturated heterocycles. The molecule has 0 bridgehead atoms. The number of aromatic nitrogens is 4. The number of carbonyl (C=O) groups is 1. The number of nitrogens with one attached hydrogen (secondary N) is 1. The van der Waals surface area contributed by atoms with Crippen molar-refractivity contribution in [3.8, 4) is 17.2 Å². The molecular weight excluding hydrogens is 454 g/mol. The lowest BCUT2D eigenvalue weighted by atomic mass is 10.2. The highest BCUT2D eigenvalue weighted by Crippen LogP contribution is 2.37.